The van der Waals surface area contributed by atoms with Gasteiger partial charge in [-0.25, -0.2) is 0 Å². The Kier molecular flexibility index (Phi) is 10.2. The average molecular weight is 838 g/mol. The SMILES string of the molecule is c1ccc(-c2ccccc2N(c2ccc(-c3ccc([Si](c4ccccc4)(c4ccccc4)c4ccccc4)cc3)cc2)c2cccc3c2sc2c(-c4ccccc4)cccc23)cc1. The Morgan fingerprint density at radius 2 is 0.667 bits per heavy atom. The van der Waals surface area contributed by atoms with E-state index in [0.29, 0.717) is 0 Å². The van der Waals surface area contributed by atoms with Crippen molar-refractivity contribution in [1.82, 2.24) is 0 Å². The fourth-order valence-corrected chi connectivity index (χ4v) is 15.6. The number of nitrogens with zero attached hydrogens (tertiary/aromatic N) is 1. The lowest BCUT2D eigenvalue weighted by Crippen LogP contribution is -2.74. The fourth-order valence-electron chi connectivity index (χ4n) is 9.54. The predicted octanol–water partition coefficient (Wildman–Crippen LogP) is 13.9. The number of hydrogen-bond donors (Lipinski definition) is 0. The molecule has 11 rings (SSSR count). The van der Waals surface area contributed by atoms with Crippen LogP contribution in [0.4, 0.5) is 17.1 Å². The summed E-state index contributed by atoms with van der Waals surface area (Å²) in [6.45, 7) is 0. The number of hydrogen-bond acceptors (Lipinski definition) is 2. The first-order valence-electron chi connectivity index (χ1n) is 21.6. The zero-order valence-electron chi connectivity index (χ0n) is 34.7. The minimum atomic E-state index is -2.62. The average Bonchev–Trinajstić information content (AvgIpc) is 3.76. The van der Waals surface area contributed by atoms with Gasteiger partial charge in [0, 0.05) is 26.7 Å². The van der Waals surface area contributed by atoms with E-state index in [9.17, 15) is 0 Å². The summed E-state index contributed by atoms with van der Waals surface area (Å²) in [6.07, 6.45) is 0. The zero-order chi connectivity index (χ0) is 42.0. The van der Waals surface area contributed by atoms with Gasteiger partial charge in [0.15, 0.2) is 8.07 Å². The molecule has 3 heteroatoms. The van der Waals surface area contributed by atoms with Crippen LogP contribution < -0.4 is 25.6 Å². The lowest BCUT2D eigenvalue weighted by atomic mass is 10.0. The van der Waals surface area contributed by atoms with Gasteiger partial charge in [-0.2, -0.15) is 0 Å². The molecule has 0 radical (unpaired) electrons. The molecule has 0 amide bonds. The third kappa shape index (κ3) is 6.89. The number of fused-ring (bicyclic) bond motifs is 3. The first kappa shape index (κ1) is 38.4. The van der Waals surface area contributed by atoms with Crippen LogP contribution in [0.2, 0.25) is 0 Å². The molecule has 0 spiro atoms. The van der Waals surface area contributed by atoms with Crippen molar-refractivity contribution in [2.24, 2.45) is 0 Å². The van der Waals surface area contributed by atoms with Crippen LogP contribution in [0, 0.1) is 0 Å². The van der Waals surface area contributed by atoms with Gasteiger partial charge in [0.05, 0.1) is 16.1 Å². The molecule has 0 fully saturated rings. The second-order valence-electron chi connectivity index (χ2n) is 16.0. The molecule has 0 aliphatic carbocycles. The smallest absolute Gasteiger partial charge is 0.179 e. The monoisotopic (exact) mass is 837 g/mol. The van der Waals surface area contributed by atoms with Crippen molar-refractivity contribution in [3.63, 3.8) is 0 Å². The number of thiophene rings is 1. The summed E-state index contributed by atoms with van der Waals surface area (Å²) in [5.41, 5.74) is 10.7. The van der Waals surface area contributed by atoms with E-state index in [1.54, 1.807) is 0 Å². The maximum atomic E-state index is 2.47. The summed E-state index contributed by atoms with van der Waals surface area (Å²) in [5, 5.41) is 8.04. The third-order valence-electron chi connectivity index (χ3n) is 12.5. The van der Waals surface area contributed by atoms with Crippen LogP contribution in [0.1, 0.15) is 0 Å². The normalized spacial score (nSPS) is 11.5. The van der Waals surface area contributed by atoms with Gasteiger partial charge in [-0.3, -0.25) is 0 Å². The van der Waals surface area contributed by atoms with Crippen LogP contribution in [0.3, 0.4) is 0 Å². The van der Waals surface area contributed by atoms with Crippen LogP contribution in [-0.4, -0.2) is 8.07 Å². The minimum Gasteiger partial charge on any atom is -0.308 e. The topological polar surface area (TPSA) is 3.24 Å². The first-order valence-corrected chi connectivity index (χ1v) is 24.4. The van der Waals surface area contributed by atoms with E-state index >= 15 is 0 Å². The maximum Gasteiger partial charge on any atom is 0.179 e. The van der Waals surface area contributed by atoms with E-state index in [2.05, 4.69) is 266 Å². The molecule has 0 saturated heterocycles. The van der Waals surface area contributed by atoms with Crippen LogP contribution in [-0.2, 0) is 0 Å². The summed E-state index contributed by atoms with van der Waals surface area (Å²) < 4.78 is 2.57. The van der Waals surface area contributed by atoms with Gasteiger partial charge in [0.2, 0.25) is 0 Å². The Labute approximate surface area is 374 Å². The Bertz CT molecular complexity index is 3200. The standard InChI is InChI=1S/C60H43NSSi/c1-6-20-46(21-7-1)53-30-16-17-34-57(53)61(58-35-19-33-56-55-32-18-31-54(59(55)62-60(56)58)47-22-8-2-9-23-47)48-40-36-44(37-41-48)45-38-42-52(43-39-45)63(49-24-10-3-11-25-49,50-26-12-4-13-27-50)51-28-14-5-15-29-51/h1-43H. The Morgan fingerprint density at radius 3 is 1.22 bits per heavy atom. The quantitative estimate of drug-likeness (QED) is 0.0980. The highest BCUT2D eigenvalue weighted by molar-refractivity contribution is 7.27. The van der Waals surface area contributed by atoms with E-state index in [1.165, 1.54) is 74.3 Å². The van der Waals surface area contributed by atoms with Crippen LogP contribution >= 0.6 is 11.3 Å². The lowest BCUT2D eigenvalue weighted by molar-refractivity contribution is 1.30. The lowest BCUT2D eigenvalue weighted by Gasteiger charge is -2.34. The molecule has 11 aromatic rings. The number of benzene rings is 10. The van der Waals surface area contributed by atoms with Gasteiger partial charge >= 0.3 is 0 Å². The Hall–Kier alpha value is -7.56. The van der Waals surface area contributed by atoms with Crippen molar-refractivity contribution in [2.75, 3.05) is 4.90 Å². The molecule has 0 N–H and O–H groups in total. The summed E-state index contributed by atoms with van der Waals surface area (Å²) in [7, 11) is -2.62. The molecule has 1 heterocycles. The van der Waals surface area contributed by atoms with E-state index in [0.717, 1.165) is 17.1 Å². The highest BCUT2D eigenvalue weighted by Gasteiger charge is 2.41. The second-order valence-corrected chi connectivity index (χ2v) is 20.8. The van der Waals surface area contributed by atoms with E-state index < -0.39 is 8.07 Å². The summed E-state index contributed by atoms with van der Waals surface area (Å²) >= 11 is 1.89. The summed E-state index contributed by atoms with van der Waals surface area (Å²) in [5.74, 6) is 0. The Balaban J connectivity index is 1.04. The molecule has 1 aromatic heterocycles. The molecular formula is C60H43NSSi. The second kappa shape index (κ2) is 16.7. The number of anilines is 3. The van der Waals surface area contributed by atoms with Crippen molar-refractivity contribution in [2.45, 2.75) is 0 Å². The highest BCUT2D eigenvalue weighted by atomic mass is 32.1. The van der Waals surface area contributed by atoms with E-state index in [-0.39, 0.29) is 0 Å². The number of para-hydroxylation sites is 1. The summed E-state index contributed by atoms with van der Waals surface area (Å²) in [4.78, 5) is 2.47. The molecule has 0 aliphatic heterocycles. The molecule has 10 aromatic carbocycles. The molecule has 0 aliphatic rings. The van der Waals surface area contributed by atoms with Crippen molar-refractivity contribution < 1.29 is 0 Å². The van der Waals surface area contributed by atoms with E-state index in [4.69, 9.17) is 0 Å². The molecular weight excluding hydrogens is 795 g/mol. The molecule has 0 unspecified atom stereocenters. The predicted molar refractivity (Wildman–Crippen MR) is 274 cm³/mol. The summed E-state index contributed by atoms with van der Waals surface area (Å²) in [6, 6.07) is 95.9. The van der Waals surface area contributed by atoms with Gasteiger partial charge in [-0.1, -0.05) is 237 Å². The van der Waals surface area contributed by atoms with Crippen molar-refractivity contribution in [1.29, 1.82) is 0 Å². The van der Waals surface area contributed by atoms with Crippen LogP contribution in [0.25, 0.3) is 53.6 Å². The van der Waals surface area contributed by atoms with Crippen molar-refractivity contribution in [3.05, 3.63) is 261 Å². The fraction of sp³-hybridized carbons (Fsp3) is 0. The van der Waals surface area contributed by atoms with Gasteiger partial charge in [0.25, 0.3) is 0 Å². The molecule has 298 valence electrons. The molecule has 0 atom stereocenters. The first-order chi connectivity index (χ1) is 31.3. The van der Waals surface area contributed by atoms with Crippen LogP contribution in [0.15, 0.2) is 261 Å². The van der Waals surface area contributed by atoms with Gasteiger partial charge < -0.3 is 4.90 Å². The molecule has 0 saturated carbocycles. The molecule has 0 bridgehead atoms. The number of rotatable bonds is 10. The minimum absolute atomic E-state index is 1.11. The van der Waals surface area contributed by atoms with Gasteiger partial charge in [-0.15, -0.1) is 11.3 Å². The van der Waals surface area contributed by atoms with Crippen molar-refractivity contribution >= 4 is 77.4 Å². The highest BCUT2D eigenvalue weighted by Crippen LogP contribution is 2.48. The largest absolute Gasteiger partial charge is 0.308 e. The van der Waals surface area contributed by atoms with E-state index in [1.807, 2.05) is 11.3 Å². The van der Waals surface area contributed by atoms with Gasteiger partial charge in [0.1, 0.15) is 0 Å². The zero-order valence-corrected chi connectivity index (χ0v) is 36.5. The molecule has 1 nitrogen and oxygen atoms in total. The van der Waals surface area contributed by atoms with Crippen molar-refractivity contribution in [3.8, 4) is 33.4 Å². The molecule has 63 heavy (non-hydrogen) atoms. The maximum absolute atomic E-state index is 2.62. The Morgan fingerprint density at radius 1 is 0.270 bits per heavy atom. The van der Waals surface area contributed by atoms with Crippen LogP contribution in [0.5, 0.6) is 0 Å². The van der Waals surface area contributed by atoms with Gasteiger partial charge in [-0.05, 0) is 72.8 Å². The third-order valence-corrected chi connectivity index (χ3v) is 18.5.